The monoisotopic (exact) mass is 535 g/mol. The van der Waals surface area contributed by atoms with Gasteiger partial charge in [-0.25, -0.2) is 0 Å². The van der Waals surface area contributed by atoms with Crippen molar-refractivity contribution in [3.05, 3.63) is 30.3 Å². The Labute approximate surface area is 237 Å². The average Bonchev–Trinajstić information content (AvgIpc) is 3.00. The minimum atomic E-state index is 0.243. The van der Waals surface area contributed by atoms with Gasteiger partial charge in [-0.05, 0) is 63.5 Å². The van der Waals surface area contributed by atoms with Gasteiger partial charge in [0.15, 0.2) is 0 Å². The predicted molar refractivity (Wildman–Crippen MR) is 160 cm³/mol. The van der Waals surface area contributed by atoms with E-state index >= 15 is 0 Å². The highest BCUT2D eigenvalue weighted by molar-refractivity contribution is 5.87. The lowest BCUT2D eigenvalue weighted by Crippen LogP contribution is -2.55. The Bertz CT molecular complexity index is 791. The molecular formula is C34H53N3O2. The minimum Gasteiger partial charge on any atom is -0.353 e. The standard InChI is InChI=1S/C34H53N3O2/c38-33(36(29-18-8-2-9-19-29)30-20-10-3-11-21-30)26-35(28-16-6-1-7-17-28)27-34(39)37(31-22-12-4-13-23-31)32-24-14-5-15-25-32/h1,6-7,16-17,29-32H,2-5,8-15,18-27H2. The lowest BCUT2D eigenvalue weighted by Gasteiger charge is -2.44. The lowest BCUT2D eigenvalue weighted by molar-refractivity contribution is -0.137. The van der Waals surface area contributed by atoms with Crippen molar-refractivity contribution in [3.63, 3.8) is 0 Å². The fourth-order valence-corrected chi connectivity index (χ4v) is 8.21. The number of rotatable bonds is 9. The molecule has 0 aliphatic heterocycles. The zero-order valence-electron chi connectivity index (χ0n) is 24.4. The third-order valence-corrected chi connectivity index (χ3v) is 10.2. The lowest BCUT2D eigenvalue weighted by atomic mass is 9.88. The first-order chi connectivity index (χ1) is 19.2. The van der Waals surface area contributed by atoms with Crippen LogP contribution in [0.3, 0.4) is 0 Å². The number of carbonyl (C=O) groups is 2. The average molecular weight is 536 g/mol. The van der Waals surface area contributed by atoms with Gasteiger partial charge in [-0.2, -0.15) is 0 Å². The molecule has 2 amide bonds. The van der Waals surface area contributed by atoms with Crippen molar-refractivity contribution < 1.29 is 9.59 Å². The molecule has 4 aliphatic carbocycles. The number of hydrogen-bond donors (Lipinski definition) is 0. The molecule has 5 nitrogen and oxygen atoms in total. The van der Waals surface area contributed by atoms with Gasteiger partial charge in [0, 0.05) is 29.9 Å². The molecule has 216 valence electrons. The highest BCUT2D eigenvalue weighted by Crippen LogP contribution is 2.32. The van der Waals surface area contributed by atoms with Crippen LogP contribution < -0.4 is 4.90 Å². The van der Waals surface area contributed by atoms with E-state index in [1.165, 1.54) is 77.0 Å². The van der Waals surface area contributed by atoms with E-state index in [1.54, 1.807) is 0 Å². The molecule has 1 aromatic rings. The van der Waals surface area contributed by atoms with Gasteiger partial charge in [-0.1, -0.05) is 95.2 Å². The van der Waals surface area contributed by atoms with Crippen LogP contribution in [0.25, 0.3) is 0 Å². The Balaban J connectivity index is 1.36. The number of para-hydroxylation sites is 1. The van der Waals surface area contributed by atoms with Crippen LogP contribution >= 0.6 is 0 Å². The number of benzene rings is 1. The summed E-state index contributed by atoms with van der Waals surface area (Å²) >= 11 is 0. The van der Waals surface area contributed by atoms with Gasteiger partial charge in [0.1, 0.15) is 0 Å². The number of amides is 2. The molecule has 5 heteroatoms. The Kier molecular flexibility index (Phi) is 10.6. The van der Waals surface area contributed by atoms with Gasteiger partial charge in [-0.3, -0.25) is 9.59 Å². The van der Waals surface area contributed by atoms with Crippen molar-refractivity contribution in [3.8, 4) is 0 Å². The summed E-state index contributed by atoms with van der Waals surface area (Å²) in [5, 5.41) is 0. The zero-order valence-corrected chi connectivity index (χ0v) is 24.4. The zero-order chi connectivity index (χ0) is 26.9. The molecule has 0 saturated heterocycles. The third-order valence-electron chi connectivity index (χ3n) is 10.2. The van der Waals surface area contributed by atoms with Crippen LogP contribution in [-0.4, -0.2) is 58.9 Å². The first-order valence-corrected chi connectivity index (χ1v) is 16.6. The minimum absolute atomic E-state index is 0.243. The van der Waals surface area contributed by atoms with E-state index in [0.29, 0.717) is 37.3 Å². The number of hydrogen-bond acceptors (Lipinski definition) is 3. The summed E-state index contributed by atoms with van der Waals surface area (Å²) in [6.45, 7) is 0.623. The van der Waals surface area contributed by atoms with Gasteiger partial charge >= 0.3 is 0 Å². The van der Waals surface area contributed by atoms with Crippen molar-refractivity contribution in [1.29, 1.82) is 0 Å². The number of carbonyl (C=O) groups excluding carboxylic acids is 2. The Hall–Kier alpha value is -2.04. The Morgan fingerprint density at radius 2 is 0.795 bits per heavy atom. The quantitative estimate of drug-likeness (QED) is 0.329. The molecule has 4 saturated carbocycles. The summed E-state index contributed by atoms with van der Waals surface area (Å²) in [6.07, 6.45) is 24.2. The summed E-state index contributed by atoms with van der Waals surface area (Å²) in [4.78, 5) is 35.2. The summed E-state index contributed by atoms with van der Waals surface area (Å²) < 4.78 is 0. The largest absolute Gasteiger partial charge is 0.353 e. The molecule has 0 spiro atoms. The second-order valence-electron chi connectivity index (χ2n) is 13.0. The van der Waals surface area contributed by atoms with Crippen molar-refractivity contribution in [2.45, 2.75) is 153 Å². The maximum Gasteiger partial charge on any atom is 0.242 e. The second-order valence-corrected chi connectivity index (χ2v) is 13.0. The molecule has 4 aliphatic rings. The van der Waals surface area contributed by atoms with Crippen LogP contribution in [-0.2, 0) is 9.59 Å². The van der Waals surface area contributed by atoms with Crippen LogP contribution in [0, 0.1) is 0 Å². The van der Waals surface area contributed by atoms with Crippen LogP contribution in [0.15, 0.2) is 30.3 Å². The van der Waals surface area contributed by atoms with Gasteiger partial charge in [0.05, 0.1) is 13.1 Å². The molecule has 0 radical (unpaired) electrons. The molecule has 5 rings (SSSR count). The number of anilines is 1. The fraction of sp³-hybridized carbons (Fsp3) is 0.765. The van der Waals surface area contributed by atoms with Gasteiger partial charge < -0.3 is 14.7 Å². The highest BCUT2D eigenvalue weighted by Gasteiger charge is 2.36. The molecule has 0 heterocycles. The summed E-state index contributed by atoms with van der Waals surface area (Å²) in [7, 11) is 0. The maximum atomic E-state index is 14.2. The Morgan fingerprint density at radius 1 is 0.487 bits per heavy atom. The SMILES string of the molecule is O=C(CN(CC(=O)N(C1CCCCC1)C1CCCCC1)c1ccccc1)N(C1CCCCC1)C1CCCCC1. The normalized spacial score (nSPS) is 22.4. The van der Waals surface area contributed by atoms with Crippen molar-refractivity contribution >= 4 is 17.5 Å². The molecule has 4 fully saturated rings. The van der Waals surface area contributed by atoms with Crippen LogP contribution in [0.4, 0.5) is 5.69 Å². The maximum absolute atomic E-state index is 14.2. The molecule has 0 bridgehead atoms. The first kappa shape index (κ1) is 28.5. The van der Waals surface area contributed by atoms with Crippen LogP contribution in [0.5, 0.6) is 0 Å². The summed E-state index contributed by atoms with van der Waals surface area (Å²) in [5.41, 5.74) is 0.999. The van der Waals surface area contributed by atoms with Crippen molar-refractivity contribution in [2.75, 3.05) is 18.0 Å². The summed E-state index contributed by atoms with van der Waals surface area (Å²) in [5.74, 6) is 0.486. The van der Waals surface area contributed by atoms with E-state index in [-0.39, 0.29) is 11.8 Å². The van der Waals surface area contributed by atoms with Gasteiger partial charge in [-0.15, -0.1) is 0 Å². The topological polar surface area (TPSA) is 43.9 Å². The molecule has 0 unspecified atom stereocenters. The highest BCUT2D eigenvalue weighted by atomic mass is 16.2. The molecule has 0 atom stereocenters. The third kappa shape index (κ3) is 7.58. The fourth-order valence-electron chi connectivity index (χ4n) is 8.21. The van der Waals surface area contributed by atoms with E-state index in [4.69, 9.17) is 0 Å². The molecule has 0 N–H and O–H groups in total. The van der Waals surface area contributed by atoms with Crippen molar-refractivity contribution in [2.24, 2.45) is 0 Å². The van der Waals surface area contributed by atoms with E-state index in [1.807, 2.05) is 18.2 Å². The smallest absolute Gasteiger partial charge is 0.242 e. The van der Waals surface area contributed by atoms with Crippen molar-refractivity contribution in [1.82, 2.24) is 9.80 Å². The van der Waals surface area contributed by atoms with Gasteiger partial charge in [0.25, 0.3) is 0 Å². The number of nitrogens with zero attached hydrogens (tertiary/aromatic N) is 3. The van der Waals surface area contributed by atoms with Gasteiger partial charge in [0.2, 0.25) is 11.8 Å². The van der Waals surface area contributed by atoms with Crippen LogP contribution in [0.2, 0.25) is 0 Å². The van der Waals surface area contributed by atoms with E-state index < -0.39 is 0 Å². The second kappa shape index (κ2) is 14.6. The molecular weight excluding hydrogens is 482 g/mol. The van der Waals surface area contributed by atoms with E-state index in [0.717, 1.165) is 57.1 Å². The molecule has 39 heavy (non-hydrogen) atoms. The summed E-state index contributed by atoms with van der Waals surface area (Å²) in [6, 6.07) is 11.8. The molecule has 0 aromatic heterocycles. The van der Waals surface area contributed by atoms with Crippen LogP contribution in [0.1, 0.15) is 128 Å². The first-order valence-electron chi connectivity index (χ1n) is 16.6. The van der Waals surface area contributed by atoms with E-state index in [9.17, 15) is 9.59 Å². The predicted octanol–water partition coefficient (Wildman–Crippen LogP) is 7.48. The molecule has 1 aromatic carbocycles. The van der Waals surface area contributed by atoms with E-state index in [2.05, 4.69) is 26.8 Å². The Morgan fingerprint density at radius 3 is 1.10 bits per heavy atom.